The first-order chi connectivity index (χ1) is 22.3. The molecule has 0 saturated heterocycles. The molecule has 0 bridgehead atoms. The van der Waals surface area contributed by atoms with Crippen molar-refractivity contribution in [2.24, 2.45) is 10.7 Å². The van der Waals surface area contributed by atoms with E-state index >= 15 is 0 Å². The first-order valence-corrected chi connectivity index (χ1v) is 15.6. The summed E-state index contributed by atoms with van der Waals surface area (Å²) in [7, 11) is 0. The topological polar surface area (TPSA) is 67.2 Å². The van der Waals surface area contributed by atoms with Gasteiger partial charge in [-0.05, 0) is 59.5 Å². The van der Waals surface area contributed by atoms with E-state index in [1.807, 2.05) is 66.7 Å². The number of nitrogens with zero attached hydrogens (tertiary/aromatic N) is 2. The van der Waals surface area contributed by atoms with Gasteiger partial charge in [-0.3, -0.25) is 5.41 Å². The number of amidine groups is 2. The Kier molecular flexibility index (Phi) is 7.34. The predicted molar refractivity (Wildman–Crippen MR) is 194 cm³/mol. The molecule has 4 nitrogen and oxygen atoms in total. The van der Waals surface area contributed by atoms with E-state index in [9.17, 15) is 0 Å². The molecule has 3 N–H and O–H groups in total. The van der Waals surface area contributed by atoms with Crippen LogP contribution in [-0.4, -0.2) is 16.2 Å². The monoisotopic (exact) mass is 596 g/mol. The second-order valence-electron chi connectivity index (χ2n) is 12.3. The van der Waals surface area contributed by atoms with Crippen molar-refractivity contribution in [3.05, 3.63) is 173 Å². The Morgan fingerprint density at radius 3 is 2.00 bits per heavy atom. The maximum atomic E-state index is 8.53. The van der Waals surface area contributed by atoms with Gasteiger partial charge in [-0.1, -0.05) is 135 Å². The van der Waals surface area contributed by atoms with Gasteiger partial charge in [-0.25, -0.2) is 4.99 Å². The van der Waals surface area contributed by atoms with E-state index in [4.69, 9.17) is 11.1 Å². The molecule has 224 valence electrons. The minimum Gasteiger partial charge on any atom is -0.383 e. The van der Waals surface area contributed by atoms with Gasteiger partial charge < -0.3 is 10.3 Å². The Balaban J connectivity index is 0.000000430. The van der Waals surface area contributed by atoms with Gasteiger partial charge in [0.25, 0.3) is 0 Å². The summed E-state index contributed by atoms with van der Waals surface area (Å²) in [4.78, 5) is 4.52. The molecule has 8 rings (SSSR count). The Hall–Kier alpha value is -5.74. The lowest BCUT2D eigenvalue weighted by atomic mass is 9.82. The largest absolute Gasteiger partial charge is 0.383 e. The Morgan fingerprint density at radius 1 is 0.630 bits per heavy atom. The average Bonchev–Trinajstić information content (AvgIpc) is 3.53. The van der Waals surface area contributed by atoms with Gasteiger partial charge in [0.05, 0.1) is 16.7 Å². The molecular weight excluding hydrogens is 560 g/mol. The number of nitrogens with two attached hydrogens (primary N) is 1. The minimum absolute atomic E-state index is 0.105. The molecule has 1 aromatic heterocycles. The van der Waals surface area contributed by atoms with Gasteiger partial charge in [-0.2, -0.15) is 0 Å². The summed E-state index contributed by atoms with van der Waals surface area (Å²) in [6.45, 7) is 6.70. The fraction of sp³-hybridized carbons (Fsp3) is 0.0952. The maximum Gasteiger partial charge on any atom is 0.154 e. The zero-order valence-corrected chi connectivity index (χ0v) is 26.3. The van der Waals surface area contributed by atoms with Gasteiger partial charge in [0.2, 0.25) is 0 Å². The van der Waals surface area contributed by atoms with E-state index < -0.39 is 0 Å². The summed E-state index contributed by atoms with van der Waals surface area (Å²) < 4.78 is 2.30. The average molecular weight is 597 g/mol. The van der Waals surface area contributed by atoms with E-state index in [1.54, 1.807) is 0 Å². The highest BCUT2D eigenvalue weighted by atomic mass is 15.0. The fourth-order valence-corrected chi connectivity index (χ4v) is 6.68. The van der Waals surface area contributed by atoms with E-state index in [0.717, 1.165) is 27.8 Å². The summed E-state index contributed by atoms with van der Waals surface area (Å²) in [5, 5.41) is 10.9. The van der Waals surface area contributed by atoms with E-state index in [1.165, 1.54) is 38.6 Å². The van der Waals surface area contributed by atoms with Crippen molar-refractivity contribution in [1.82, 2.24) is 4.57 Å². The molecule has 0 fully saturated rings. The predicted octanol–water partition coefficient (Wildman–Crippen LogP) is 9.82. The van der Waals surface area contributed by atoms with Crippen molar-refractivity contribution >= 4 is 33.5 Å². The summed E-state index contributed by atoms with van der Waals surface area (Å²) in [5.74, 6) is 0.460. The maximum absolute atomic E-state index is 8.53. The van der Waals surface area contributed by atoms with Crippen LogP contribution in [0, 0.1) is 12.3 Å². The Morgan fingerprint density at radius 2 is 1.26 bits per heavy atom. The first kappa shape index (κ1) is 29.0. The molecule has 1 aliphatic carbocycles. The minimum atomic E-state index is -0.105. The third kappa shape index (κ3) is 4.98. The number of aromatic nitrogens is 1. The third-order valence-corrected chi connectivity index (χ3v) is 9.02. The zero-order chi connectivity index (χ0) is 31.8. The highest BCUT2D eigenvalue weighted by Crippen LogP contribution is 2.51. The van der Waals surface area contributed by atoms with Gasteiger partial charge in [0, 0.05) is 27.3 Å². The van der Waals surface area contributed by atoms with Crippen molar-refractivity contribution in [1.29, 1.82) is 5.41 Å². The highest BCUT2D eigenvalue weighted by Gasteiger charge is 2.36. The van der Waals surface area contributed by atoms with E-state index in [-0.39, 0.29) is 11.3 Å². The molecule has 1 aliphatic rings. The molecule has 0 spiro atoms. The summed E-state index contributed by atoms with van der Waals surface area (Å²) in [5.41, 5.74) is 17.8. The molecule has 7 aromatic rings. The molecule has 4 heteroatoms. The van der Waals surface area contributed by atoms with Gasteiger partial charge in [0.15, 0.2) is 5.84 Å². The van der Waals surface area contributed by atoms with Crippen LogP contribution in [0.25, 0.3) is 38.6 Å². The van der Waals surface area contributed by atoms with Crippen LogP contribution in [0.1, 0.15) is 41.7 Å². The standard InChI is InChI=1S/C35H28N4.C7H8/c1-35(2)28-17-9-6-14-23(28)26-20-27-24-15-7-10-18-30(24)39(32(27)21-29(26)35)31-19-11-8-16-25(31)34(37)38-33(36)22-12-4-3-5-13-22;1-7-5-3-2-4-6-7/h3-21H,1-2H3,(H3,36,37,38);2-6H,1H3. The van der Waals surface area contributed by atoms with E-state index in [0.29, 0.717) is 5.84 Å². The fourth-order valence-electron chi connectivity index (χ4n) is 6.68. The number of hydrogen-bond acceptors (Lipinski definition) is 1. The summed E-state index contributed by atoms with van der Waals surface area (Å²) in [6.07, 6.45) is 0. The normalized spacial score (nSPS) is 13.2. The van der Waals surface area contributed by atoms with Crippen molar-refractivity contribution < 1.29 is 0 Å². The first-order valence-electron chi connectivity index (χ1n) is 15.6. The van der Waals surface area contributed by atoms with E-state index in [2.05, 4.69) is 109 Å². The quantitative estimate of drug-likeness (QED) is 0.155. The Bertz CT molecular complexity index is 2260. The number of fused-ring (bicyclic) bond motifs is 6. The number of aliphatic imine (C=N–C) groups is 1. The van der Waals surface area contributed by atoms with Crippen LogP contribution in [0.3, 0.4) is 0 Å². The number of rotatable bonds is 3. The summed E-state index contributed by atoms with van der Waals surface area (Å²) in [6, 6.07) is 49.8. The Labute approximate surface area is 270 Å². The SMILES string of the molecule is CC1(C)c2ccccc2-c2cc3c4ccccc4n(-c4ccccc4C(N)=NC(=N)c4ccccc4)c3cc21.Cc1ccccc1. The van der Waals surface area contributed by atoms with Crippen LogP contribution >= 0.6 is 0 Å². The molecule has 6 aromatic carbocycles. The third-order valence-electron chi connectivity index (χ3n) is 9.02. The van der Waals surface area contributed by atoms with Crippen molar-refractivity contribution in [2.75, 3.05) is 0 Å². The molecular formula is C42H36N4. The van der Waals surface area contributed by atoms with Crippen LogP contribution in [0.5, 0.6) is 0 Å². The lowest BCUT2D eigenvalue weighted by Gasteiger charge is -2.22. The number of aryl methyl sites for hydroxylation is 1. The molecule has 0 atom stereocenters. The van der Waals surface area contributed by atoms with Crippen LogP contribution in [0.2, 0.25) is 0 Å². The van der Waals surface area contributed by atoms with Crippen LogP contribution in [0.15, 0.2) is 151 Å². The van der Waals surface area contributed by atoms with Crippen molar-refractivity contribution in [2.45, 2.75) is 26.2 Å². The molecule has 0 unspecified atom stereocenters. The molecule has 46 heavy (non-hydrogen) atoms. The van der Waals surface area contributed by atoms with Crippen LogP contribution < -0.4 is 5.73 Å². The lowest BCUT2D eigenvalue weighted by Crippen LogP contribution is -2.18. The van der Waals surface area contributed by atoms with Crippen molar-refractivity contribution in [3.63, 3.8) is 0 Å². The second-order valence-corrected chi connectivity index (χ2v) is 12.3. The van der Waals surface area contributed by atoms with Gasteiger partial charge >= 0.3 is 0 Å². The second kappa shape index (κ2) is 11.6. The number of para-hydroxylation sites is 2. The van der Waals surface area contributed by atoms with Crippen LogP contribution in [0.4, 0.5) is 0 Å². The highest BCUT2D eigenvalue weighted by molar-refractivity contribution is 6.14. The zero-order valence-electron chi connectivity index (χ0n) is 26.3. The van der Waals surface area contributed by atoms with Gasteiger partial charge in [-0.15, -0.1) is 0 Å². The molecule has 1 heterocycles. The smallest absolute Gasteiger partial charge is 0.154 e. The van der Waals surface area contributed by atoms with Crippen LogP contribution in [-0.2, 0) is 5.41 Å². The van der Waals surface area contributed by atoms with Crippen molar-refractivity contribution in [3.8, 4) is 16.8 Å². The number of hydrogen-bond donors (Lipinski definition) is 2. The molecule has 0 aliphatic heterocycles. The number of benzene rings is 6. The molecule has 0 saturated carbocycles. The molecule has 0 amide bonds. The lowest BCUT2D eigenvalue weighted by molar-refractivity contribution is 0.661. The summed E-state index contributed by atoms with van der Waals surface area (Å²) >= 11 is 0. The van der Waals surface area contributed by atoms with Gasteiger partial charge in [0.1, 0.15) is 5.84 Å². The molecule has 0 radical (unpaired) electrons. The number of nitrogens with one attached hydrogen (secondary N) is 1.